The van der Waals surface area contributed by atoms with Crippen molar-refractivity contribution in [2.75, 3.05) is 13.2 Å². The van der Waals surface area contributed by atoms with Crippen molar-refractivity contribution in [3.05, 3.63) is 53.5 Å². The lowest BCUT2D eigenvalue weighted by molar-refractivity contribution is -0.144. The molecular weight excluding hydrogens is 392 g/mol. The minimum absolute atomic E-state index is 0.0352. The van der Waals surface area contributed by atoms with Gasteiger partial charge in [-0.1, -0.05) is 0 Å². The highest BCUT2D eigenvalue weighted by Gasteiger charge is 2.21. The molecule has 1 aliphatic rings. The Morgan fingerprint density at radius 3 is 2.83 bits per heavy atom. The first-order valence-electron chi connectivity index (χ1n) is 9.40. The predicted octanol–water partition coefficient (Wildman–Crippen LogP) is 2.02. The van der Waals surface area contributed by atoms with E-state index in [1.807, 2.05) is 26.0 Å². The van der Waals surface area contributed by atoms with Gasteiger partial charge in [0.2, 0.25) is 0 Å². The number of hydrogen-bond donors (Lipinski definition) is 2. The predicted molar refractivity (Wildman–Crippen MR) is 106 cm³/mol. The molecule has 30 heavy (non-hydrogen) atoms. The van der Waals surface area contributed by atoms with Gasteiger partial charge in [-0.15, -0.1) is 0 Å². The highest BCUT2D eigenvalue weighted by atomic mass is 16.5. The summed E-state index contributed by atoms with van der Waals surface area (Å²) < 4.78 is 21.1. The van der Waals surface area contributed by atoms with Gasteiger partial charge in [0.25, 0.3) is 5.91 Å². The molecule has 1 aromatic heterocycles. The van der Waals surface area contributed by atoms with E-state index in [2.05, 4.69) is 10.9 Å². The van der Waals surface area contributed by atoms with Gasteiger partial charge in [0, 0.05) is 23.6 Å². The lowest BCUT2D eigenvalue weighted by Crippen LogP contribution is -2.43. The summed E-state index contributed by atoms with van der Waals surface area (Å²) in [6.07, 6.45) is 4.95. The summed E-state index contributed by atoms with van der Waals surface area (Å²) in [5.41, 5.74) is 5.98. The van der Waals surface area contributed by atoms with Crippen molar-refractivity contribution in [2.45, 2.75) is 26.4 Å². The standard InChI is InChI=1S/C21H22N2O7/c1-3-27-17-11-15-9-13(2)30-18(15)10-14(17)6-7-20(25)29-12-19(24)22-23-21(26)16-5-4-8-28-16/h4-8,10-11,13H,3,9,12H2,1-2H3,(H,22,24)(H,23,26)/b7-6+/t13-/m0/s1. The molecule has 3 rings (SSSR count). The zero-order chi connectivity index (χ0) is 21.5. The molecule has 2 heterocycles. The van der Waals surface area contributed by atoms with E-state index in [0.717, 1.165) is 17.7 Å². The summed E-state index contributed by atoms with van der Waals surface area (Å²) in [6, 6.07) is 6.69. The summed E-state index contributed by atoms with van der Waals surface area (Å²) in [4.78, 5) is 35.3. The van der Waals surface area contributed by atoms with Crippen LogP contribution >= 0.6 is 0 Å². The number of ether oxygens (including phenoxy) is 3. The first-order chi connectivity index (χ1) is 14.5. The molecule has 9 heteroatoms. The third-order valence-electron chi connectivity index (χ3n) is 4.13. The number of furan rings is 1. The molecule has 1 aromatic carbocycles. The maximum Gasteiger partial charge on any atom is 0.331 e. The van der Waals surface area contributed by atoms with E-state index >= 15 is 0 Å². The summed E-state index contributed by atoms with van der Waals surface area (Å²) in [5.74, 6) is -0.627. The SMILES string of the molecule is CCOc1cc2c(cc1/C=C/C(=O)OCC(=O)NNC(=O)c1ccco1)O[C@@H](C)C2. The van der Waals surface area contributed by atoms with E-state index in [1.165, 1.54) is 30.5 Å². The Balaban J connectivity index is 1.51. The van der Waals surface area contributed by atoms with Gasteiger partial charge in [-0.05, 0) is 44.2 Å². The fourth-order valence-corrected chi connectivity index (χ4v) is 2.84. The summed E-state index contributed by atoms with van der Waals surface area (Å²) in [5, 5.41) is 0. The monoisotopic (exact) mass is 414 g/mol. The lowest BCUT2D eigenvalue weighted by atomic mass is 10.1. The van der Waals surface area contributed by atoms with Crippen molar-refractivity contribution >= 4 is 23.9 Å². The Bertz CT molecular complexity index is 951. The second kappa shape index (κ2) is 9.64. The molecule has 0 bridgehead atoms. The molecule has 0 spiro atoms. The first kappa shape index (κ1) is 21.0. The van der Waals surface area contributed by atoms with Crippen LogP contribution in [-0.4, -0.2) is 37.1 Å². The molecule has 0 fully saturated rings. The van der Waals surface area contributed by atoms with Gasteiger partial charge in [0.05, 0.1) is 12.9 Å². The van der Waals surface area contributed by atoms with Crippen LogP contribution < -0.4 is 20.3 Å². The number of amides is 2. The zero-order valence-corrected chi connectivity index (χ0v) is 16.6. The highest BCUT2D eigenvalue weighted by molar-refractivity contribution is 5.93. The van der Waals surface area contributed by atoms with Crippen molar-refractivity contribution in [1.29, 1.82) is 0 Å². The van der Waals surface area contributed by atoms with Gasteiger partial charge in [-0.3, -0.25) is 20.4 Å². The molecular formula is C21H22N2O7. The van der Waals surface area contributed by atoms with Crippen molar-refractivity contribution < 1.29 is 33.0 Å². The van der Waals surface area contributed by atoms with Gasteiger partial charge in [-0.25, -0.2) is 4.79 Å². The van der Waals surface area contributed by atoms with Crippen LogP contribution in [0.15, 0.2) is 41.0 Å². The Hall–Kier alpha value is -3.75. The molecule has 0 radical (unpaired) electrons. The quantitative estimate of drug-likeness (QED) is 0.404. The van der Waals surface area contributed by atoms with Crippen LogP contribution in [0.5, 0.6) is 11.5 Å². The number of hydrazine groups is 1. The molecule has 0 aliphatic carbocycles. The first-order valence-corrected chi connectivity index (χ1v) is 9.40. The maximum absolute atomic E-state index is 11.9. The van der Waals surface area contributed by atoms with E-state index in [-0.39, 0.29) is 11.9 Å². The van der Waals surface area contributed by atoms with Crippen LogP contribution in [0.25, 0.3) is 6.08 Å². The van der Waals surface area contributed by atoms with Crippen molar-refractivity contribution in [2.24, 2.45) is 0 Å². The van der Waals surface area contributed by atoms with E-state index in [9.17, 15) is 14.4 Å². The van der Waals surface area contributed by atoms with Gasteiger partial charge in [0.1, 0.15) is 17.6 Å². The molecule has 0 saturated heterocycles. The summed E-state index contributed by atoms with van der Waals surface area (Å²) >= 11 is 0. The molecule has 0 unspecified atom stereocenters. The number of carbonyl (C=O) groups is 3. The highest BCUT2D eigenvalue weighted by Crippen LogP contribution is 2.35. The topological polar surface area (TPSA) is 116 Å². The van der Waals surface area contributed by atoms with Crippen LogP contribution in [0.2, 0.25) is 0 Å². The van der Waals surface area contributed by atoms with E-state index in [0.29, 0.717) is 17.9 Å². The third-order valence-corrected chi connectivity index (χ3v) is 4.13. The normalized spacial score (nSPS) is 14.7. The van der Waals surface area contributed by atoms with Crippen LogP contribution in [0.1, 0.15) is 35.5 Å². The van der Waals surface area contributed by atoms with Gasteiger partial charge in [-0.2, -0.15) is 0 Å². The van der Waals surface area contributed by atoms with Crippen molar-refractivity contribution in [3.8, 4) is 11.5 Å². The minimum atomic E-state index is -0.722. The van der Waals surface area contributed by atoms with Crippen molar-refractivity contribution in [1.82, 2.24) is 10.9 Å². The smallest absolute Gasteiger partial charge is 0.331 e. The van der Waals surface area contributed by atoms with E-state index in [1.54, 1.807) is 0 Å². The van der Waals surface area contributed by atoms with Gasteiger partial charge in [0.15, 0.2) is 12.4 Å². The summed E-state index contributed by atoms with van der Waals surface area (Å²) in [7, 11) is 0. The zero-order valence-electron chi connectivity index (χ0n) is 16.6. The second-order valence-electron chi connectivity index (χ2n) is 6.48. The molecule has 2 aromatic rings. The number of nitrogens with one attached hydrogen (secondary N) is 2. The van der Waals surface area contributed by atoms with Crippen LogP contribution in [-0.2, 0) is 20.7 Å². The number of fused-ring (bicyclic) bond motifs is 1. The van der Waals surface area contributed by atoms with Crippen molar-refractivity contribution in [3.63, 3.8) is 0 Å². The van der Waals surface area contributed by atoms with Gasteiger partial charge >= 0.3 is 11.9 Å². The number of benzene rings is 1. The average Bonchev–Trinajstić information content (AvgIpc) is 3.37. The largest absolute Gasteiger partial charge is 0.493 e. The van der Waals surface area contributed by atoms with Gasteiger partial charge < -0.3 is 18.6 Å². The lowest BCUT2D eigenvalue weighted by Gasteiger charge is -2.10. The average molecular weight is 414 g/mol. The molecule has 2 amide bonds. The molecule has 9 nitrogen and oxygen atoms in total. The van der Waals surface area contributed by atoms with Crippen LogP contribution in [0, 0.1) is 0 Å². The fourth-order valence-electron chi connectivity index (χ4n) is 2.84. The van der Waals surface area contributed by atoms with E-state index < -0.39 is 24.4 Å². The van der Waals surface area contributed by atoms with E-state index in [4.69, 9.17) is 18.6 Å². The maximum atomic E-state index is 11.9. The third kappa shape index (κ3) is 5.40. The van der Waals surface area contributed by atoms with Crippen LogP contribution in [0.3, 0.4) is 0 Å². The summed E-state index contributed by atoms with van der Waals surface area (Å²) in [6.45, 7) is 3.77. The molecule has 1 aliphatic heterocycles. The minimum Gasteiger partial charge on any atom is -0.493 e. The molecule has 2 N–H and O–H groups in total. The molecule has 0 saturated carbocycles. The number of hydrogen-bond acceptors (Lipinski definition) is 7. The van der Waals surface area contributed by atoms with Crippen LogP contribution in [0.4, 0.5) is 0 Å². The molecule has 1 atom stereocenters. The Labute approximate surface area is 172 Å². The Morgan fingerprint density at radius 1 is 1.27 bits per heavy atom. The Morgan fingerprint density at radius 2 is 2.10 bits per heavy atom. The second-order valence-corrected chi connectivity index (χ2v) is 6.48. The Kier molecular flexibility index (Phi) is 6.74. The number of rotatable bonds is 7. The number of carbonyl (C=O) groups excluding carboxylic acids is 3. The molecule has 158 valence electrons. The number of esters is 1. The fraction of sp³-hybridized carbons (Fsp3) is 0.286.